The summed E-state index contributed by atoms with van der Waals surface area (Å²) in [6, 6.07) is 23.1. The standard InChI is InChI=1S/C37H26FN3/c1-20-3-13-29-33-30(16-15-28(31(20)33)24-9-11-26(38)12-10-24)34-32(25-7-4-22(18-39)5-8-25)37(41)36(35(29)34)27-14-6-23(19-40)17-21(27)2/h4-16,20-21,41H,3,17H2,1-2H3. The van der Waals surface area contributed by atoms with Gasteiger partial charge in [-0.15, -0.1) is 0 Å². The van der Waals surface area contributed by atoms with Crippen molar-refractivity contribution in [2.45, 2.75) is 32.6 Å². The molecule has 7 rings (SSSR count). The van der Waals surface area contributed by atoms with Gasteiger partial charge in [-0.25, -0.2) is 4.39 Å². The van der Waals surface area contributed by atoms with Gasteiger partial charge in [0.2, 0.25) is 0 Å². The quantitative estimate of drug-likeness (QED) is 0.366. The fraction of sp³-hybridized carbons (Fsp3) is 0.162. The summed E-state index contributed by atoms with van der Waals surface area (Å²) in [6.07, 6.45) is 7.77. The van der Waals surface area contributed by atoms with Crippen molar-refractivity contribution in [3.05, 3.63) is 135 Å². The maximum absolute atomic E-state index is 13.8. The Kier molecular flexibility index (Phi) is 5.63. The Labute approximate surface area is 239 Å². The van der Waals surface area contributed by atoms with Crippen molar-refractivity contribution in [3.8, 4) is 23.3 Å². The molecule has 1 N–H and O–H groups in total. The zero-order valence-corrected chi connectivity index (χ0v) is 22.8. The SMILES string of the molecule is CC1CC(C#N)=CC=C1C1=C2C3=CCC(C)c4c(-c5ccc(F)cc5)ccc(c43)C2=C(c2ccc(C#N)cc2)C1=N. The van der Waals surface area contributed by atoms with E-state index in [4.69, 9.17) is 0 Å². The number of fused-ring (bicyclic) bond motifs is 3. The van der Waals surface area contributed by atoms with Gasteiger partial charge in [-0.2, -0.15) is 10.5 Å². The molecule has 0 heterocycles. The third-order valence-electron chi connectivity index (χ3n) is 8.88. The number of hydrogen-bond acceptors (Lipinski definition) is 3. The first kappa shape index (κ1) is 24.9. The molecule has 0 fully saturated rings. The maximum Gasteiger partial charge on any atom is 0.123 e. The van der Waals surface area contributed by atoms with Crippen LogP contribution in [0.25, 0.3) is 27.8 Å². The van der Waals surface area contributed by atoms with E-state index >= 15 is 0 Å². The van der Waals surface area contributed by atoms with E-state index in [2.05, 4.69) is 44.2 Å². The molecule has 0 saturated heterocycles. The molecule has 41 heavy (non-hydrogen) atoms. The summed E-state index contributed by atoms with van der Waals surface area (Å²) >= 11 is 0. The summed E-state index contributed by atoms with van der Waals surface area (Å²) in [5.74, 6) is 0.129. The number of rotatable bonds is 3. The molecule has 0 aromatic heterocycles. The predicted molar refractivity (Wildman–Crippen MR) is 161 cm³/mol. The van der Waals surface area contributed by atoms with Crippen LogP contribution in [0.4, 0.5) is 4.39 Å². The summed E-state index contributed by atoms with van der Waals surface area (Å²) in [5, 5.41) is 28.5. The first-order chi connectivity index (χ1) is 19.9. The van der Waals surface area contributed by atoms with Crippen molar-refractivity contribution < 1.29 is 4.39 Å². The molecule has 0 saturated carbocycles. The van der Waals surface area contributed by atoms with Gasteiger partial charge in [-0.3, -0.25) is 5.41 Å². The zero-order chi connectivity index (χ0) is 28.4. The molecule has 0 bridgehead atoms. The van der Waals surface area contributed by atoms with Crippen LogP contribution in [0.1, 0.15) is 60.4 Å². The predicted octanol–water partition coefficient (Wildman–Crippen LogP) is 8.93. The number of hydrogen-bond donors (Lipinski definition) is 1. The van der Waals surface area contributed by atoms with E-state index in [1.807, 2.05) is 48.6 Å². The molecule has 3 nitrogen and oxygen atoms in total. The second-order valence-corrected chi connectivity index (χ2v) is 11.3. The van der Waals surface area contributed by atoms with Crippen molar-refractivity contribution in [2.75, 3.05) is 0 Å². The topological polar surface area (TPSA) is 71.4 Å². The number of allylic oxidation sites excluding steroid dienone is 10. The van der Waals surface area contributed by atoms with E-state index in [1.165, 1.54) is 28.8 Å². The molecular formula is C37H26FN3. The molecule has 0 spiro atoms. The molecule has 3 aromatic carbocycles. The number of benzene rings is 3. The number of nitrogens with zero attached hydrogens (tertiary/aromatic N) is 2. The largest absolute Gasteiger partial charge is 0.300 e. The molecule has 196 valence electrons. The summed E-state index contributed by atoms with van der Waals surface area (Å²) in [7, 11) is 0. The van der Waals surface area contributed by atoms with Gasteiger partial charge in [-0.05, 0) is 99.5 Å². The van der Waals surface area contributed by atoms with Crippen LogP contribution < -0.4 is 0 Å². The first-order valence-electron chi connectivity index (χ1n) is 13.9. The third kappa shape index (κ3) is 3.65. The van der Waals surface area contributed by atoms with Gasteiger partial charge >= 0.3 is 0 Å². The minimum atomic E-state index is -0.249. The van der Waals surface area contributed by atoms with Crippen molar-refractivity contribution in [3.63, 3.8) is 0 Å². The van der Waals surface area contributed by atoms with Gasteiger partial charge in [-0.1, -0.05) is 62.4 Å². The second kappa shape index (κ2) is 9.26. The molecular weight excluding hydrogens is 505 g/mol. The Morgan fingerprint density at radius 3 is 2.15 bits per heavy atom. The molecule has 4 aliphatic rings. The molecule has 3 aromatic rings. The van der Waals surface area contributed by atoms with E-state index in [1.54, 1.807) is 0 Å². The lowest BCUT2D eigenvalue weighted by atomic mass is 9.77. The van der Waals surface area contributed by atoms with Crippen LogP contribution in [0.2, 0.25) is 0 Å². The van der Waals surface area contributed by atoms with Gasteiger partial charge in [0.25, 0.3) is 0 Å². The van der Waals surface area contributed by atoms with Crippen LogP contribution in [0.5, 0.6) is 0 Å². The molecule has 4 heteroatoms. The number of nitriles is 2. The summed E-state index contributed by atoms with van der Waals surface area (Å²) in [4.78, 5) is 0. The lowest BCUT2D eigenvalue weighted by molar-refractivity contribution is 0.628. The Morgan fingerprint density at radius 2 is 1.46 bits per heavy atom. The van der Waals surface area contributed by atoms with Gasteiger partial charge < -0.3 is 0 Å². The highest BCUT2D eigenvalue weighted by molar-refractivity contribution is 6.46. The summed E-state index contributed by atoms with van der Waals surface area (Å²) < 4.78 is 13.8. The van der Waals surface area contributed by atoms with E-state index in [0.29, 0.717) is 17.7 Å². The molecule has 0 amide bonds. The fourth-order valence-electron chi connectivity index (χ4n) is 6.98. The highest BCUT2D eigenvalue weighted by atomic mass is 19.1. The first-order valence-corrected chi connectivity index (χ1v) is 13.9. The highest BCUT2D eigenvalue weighted by Crippen LogP contribution is 2.60. The van der Waals surface area contributed by atoms with Crippen LogP contribution in [0.15, 0.2) is 101 Å². The number of nitrogens with one attached hydrogen (secondary N) is 1. The van der Waals surface area contributed by atoms with Crippen LogP contribution >= 0.6 is 0 Å². The van der Waals surface area contributed by atoms with Gasteiger partial charge in [0.05, 0.1) is 23.4 Å². The van der Waals surface area contributed by atoms with Crippen molar-refractivity contribution in [1.82, 2.24) is 0 Å². The highest BCUT2D eigenvalue weighted by Gasteiger charge is 2.44. The lowest BCUT2D eigenvalue weighted by Crippen LogP contribution is -2.14. The maximum atomic E-state index is 13.8. The molecule has 2 unspecified atom stereocenters. The average molecular weight is 532 g/mol. The average Bonchev–Trinajstić information content (AvgIpc) is 3.46. The minimum absolute atomic E-state index is 0.0973. The van der Waals surface area contributed by atoms with Gasteiger partial charge in [0.1, 0.15) is 5.82 Å². The summed E-state index contributed by atoms with van der Waals surface area (Å²) in [5.41, 5.74) is 14.7. The van der Waals surface area contributed by atoms with Gasteiger partial charge in [0, 0.05) is 27.9 Å². The molecule has 0 radical (unpaired) electrons. The molecule has 0 aliphatic heterocycles. The van der Waals surface area contributed by atoms with Gasteiger partial charge in [0.15, 0.2) is 0 Å². The monoisotopic (exact) mass is 531 g/mol. The fourth-order valence-corrected chi connectivity index (χ4v) is 6.98. The second-order valence-electron chi connectivity index (χ2n) is 11.3. The molecule has 2 atom stereocenters. The smallest absolute Gasteiger partial charge is 0.123 e. The van der Waals surface area contributed by atoms with E-state index in [-0.39, 0.29) is 17.7 Å². The van der Waals surface area contributed by atoms with Crippen LogP contribution in [-0.4, -0.2) is 5.71 Å². The van der Waals surface area contributed by atoms with Crippen molar-refractivity contribution in [2.24, 2.45) is 5.92 Å². The van der Waals surface area contributed by atoms with E-state index < -0.39 is 0 Å². The van der Waals surface area contributed by atoms with E-state index in [9.17, 15) is 20.3 Å². The lowest BCUT2D eigenvalue weighted by Gasteiger charge is -2.26. The Bertz CT molecular complexity index is 1930. The molecule has 4 aliphatic carbocycles. The Balaban J connectivity index is 1.53. The van der Waals surface area contributed by atoms with E-state index in [0.717, 1.165) is 62.1 Å². The van der Waals surface area contributed by atoms with Crippen LogP contribution in [0, 0.1) is 39.8 Å². The number of halogens is 1. The Hall–Kier alpha value is -5.06. The van der Waals surface area contributed by atoms with Crippen molar-refractivity contribution >= 4 is 22.4 Å². The normalized spacial score (nSPS) is 20.6. The van der Waals surface area contributed by atoms with Crippen molar-refractivity contribution in [1.29, 1.82) is 15.9 Å². The van der Waals surface area contributed by atoms with Crippen LogP contribution in [0.3, 0.4) is 0 Å². The third-order valence-corrected chi connectivity index (χ3v) is 8.88. The minimum Gasteiger partial charge on any atom is -0.300 e. The van der Waals surface area contributed by atoms with Crippen LogP contribution in [-0.2, 0) is 0 Å². The summed E-state index contributed by atoms with van der Waals surface area (Å²) in [6.45, 7) is 4.38. The zero-order valence-electron chi connectivity index (χ0n) is 22.8. The Morgan fingerprint density at radius 1 is 0.756 bits per heavy atom.